The highest BCUT2D eigenvalue weighted by Gasteiger charge is 2.13. The van der Waals surface area contributed by atoms with Crippen LogP contribution in [0.2, 0.25) is 0 Å². The number of rotatable bonds is 1. The average Bonchev–Trinajstić information content (AvgIpc) is 2.25. The van der Waals surface area contributed by atoms with E-state index in [1.165, 1.54) is 0 Å². The molecule has 1 N–H and O–H groups in total. The lowest BCUT2D eigenvalue weighted by Crippen LogP contribution is -2.05. The summed E-state index contributed by atoms with van der Waals surface area (Å²) >= 11 is 0. The summed E-state index contributed by atoms with van der Waals surface area (Å²) in [5, 5.41) is 7.52. The summed E-state index contributed by atoms with van der Waals surface area (Å²) in [4.78, 5) is 0. The molecule has 0 unspecified atom stereocenters. The lowest BCUT2D eigenvalue weighted by molar-refractivity contribution is 0.625. The van der Waals surface area contributed by atoms with Crippen molar-refractivity contribution >= 4 is 5.71 Å². The minimum atomic E-state index is -0.0258. The normalized spacial score (nSPS) is 18.7. The van der Waals surface area contributed by atoms with Crippen LogP contribution in [-0.4, -0.2) is 5.71 Å². The Labute approximate surface area is 79.4 Å². The second-order valence-corrected chi connectivity index (χ2v) is 3.66. The van der Waals surface area contributed by atoms with Gasteiger partial charge in [-0.15, -0.1) is 6.42 Å². The fourth-order valence-electron chi connectivity index (χ4n) is 1.20. The smallest absolute Gasteiger partial charge is 0.111 e. The monoisotopic (exact) mass is 171 g/mol. The quantitative estimate of drug-likeness (QED) is 0.463. The van der Waals surface area contributed by atoms with E-state index >= 15 is 0 Å². The molecule has 1 nitrogen and oxygen atoms in total. The van der Waals surface area contributed by atoms with E-state index in [-0.39, 0.29) is 11.1 Å². The van der Waals surface area contributed by atoms with Crippen molar-refractivity contribution in [3.8, 4) is 12.3 Å². The SMILES string of the molecule is C#CC(=N)C1=CC(C)(C)C=CC=C1. The first-order chi connectivity index (χ1) is 6.05. The molecule has 0 aromatic heterocycles. The first kappa shape index (κ1) is 9.54. The third kappa shape index (κ3) is 2.45. The molecule has 0 aliphatic heterocycles. The number of terminal acetylenes is 1. The van der Waals surface area contributed by atoms with Crippen LogP contribution in [0.3, 0.4) is 0 Å². The highest BCUT2D eigenvalue weighted by Crippen LogP contribution is 2.24. The number of hydrogen-bond donors (Lipinski definition) is 1. The van der Waals surface area contributed by atoms with Crippen LogP contribution >= 0.6 is 0 Å². The van der Waals surface area contributed by atoms with Crippen molar-refractivity contribution in [3.05, 3.63) is 36.0 Å². The summed E-state index contributed by atoms with van der Waals surface area (Å²) in [7, 11) is 0. The van der Waals surface area contributed by atoms with Crippen molar-refractivity contribution < 1.29 is 0 Å². The summed E-state index contributed by atoms with van der Waals surface area (Å²) in [5.41, 5.74) is 1.03. The van der Waals surface area contributed by atoms with E-state index in [2.05, 4.69) is 25.8 Å². The molecule has 0 saturated heterocycles. The first-order valence-corrected chi connectivity index (χ1v) is 4.19. The lowest BCUT2D eigenvalue weighted by Gasteiger charge is -2.14. The summed E-state index contributed by atoms with van der Waals surface area (Å²) in [6.07, 6.45) is 15.0. The Morgan fingerprint density at radius 2 is 2.15 bits per heavy atom. The van der Waals surface area contributed by atoms with Crippen LogP contribution in [0.1, 0.15) is 13.8 Å². The van der Waals surface area contributed by atoms with Gasteiger partial charge in [0.05, 0.1) is 0 Å². The van der Waals surface area contributed by atoms with Gasteiger partial charge in [0, 0.05) is 11.0 Å². The Morgan fingerprint density at radius 3 is 2.77 bits per heavy atom. The maximum Gasteiger partial charge on any atom is 0.111 e. The van der Waals surface area contributed by atoms with E-state index < -0.39 is 0 Å². The van der Waals surface area contributed by atoms with Crippen molar-refractivity contribution in [1.82, 2.24) is 0 Å². The largest absolute Gasteiger partial charge is 0.291 e. The predicted molar refractivity (Wildman–Crippen MR) is 56.7 cm³/mol. The molecule has 0 aromatic carbocycles. The molecule has 66 valence electrons. The van der Waals surface area contributed by atoms with E-state index in [1.54, 1.807) is 0 Å². The second kappa shape index (κ2) is 3.45. The zero-order valence-electron chi connectivity index (χ0n) is 7.96. The highest BCUT2D eigenvalue weighted by molar-refractivity contribution is 6.12. The molecular formula is C12H13N. The molecule has 0 aromatic rings. The molecule has 1 rings (SSSR count). The molecular weight excluding hydrogens is 158 g/mol. The maximum atomic E-state index is 7.52. The minimum absolute atomic E-state index is 0.0258. The van der Waals surface area contributed by atoms with Crippen LogP contribution in [0.15, 0.2) is 36.0 Å². The van der Waals surface area contributed by atoms with Gasteiger partial charge in [-0.05, 0) is 0 Å². The van der Waals surface area contributed by atoms with Gasteiger partial charge in [0.15, 0.2) is 0 Å². The van der Waals surface area contributed by atoms with Gasteiger partial charge in [0.2, 0.25) is 0 Å². The molecule has 0 saturated carbocycles. The van der Waals surface area contributed by atoms with Crippen molar-refractivity contribution in [1.29, 1.82) is 5.41 Å². The van der Waals surface area contributed by atoms with E-state index in [0.29, 0.717) is 0 Å². The Balaban J connectivity index is 3.07. The second-order valence-electron chi connectivity index (χ2n) is 3.66. The maximum absolute atomic E-state index is 7.52. The van der Waals surface area contributed by atoms with Gasteiger partial charge < -0.3 is 0 Å². The molecule has 0 bridgehead atoms. The summed E-state index contributed by atoms with van der Waals surface area (Å²) in [6.45, 7) is 4.17. The molecule has 0 heterocycles. The molecule has 1 aliphatic rings. The standard InChI is InChI=1S/C12H13N/c1-4-11(13)10-7-5-6-8-12(2,3)9-10/h1,5-9,13H,2-3H3. The average molecular weight is 171 g/mol. The van der Waals surface area contributed by atoms with Gasteiger partial charge in [-0.2, -0.15) is 0 Å². The molecule has 0 spiro atoms. The zero-order chi connectivity index (χ0) is 9.90. The van der Waals surface area contributed by atoms with Gasteiger partial charge in [-0.1, -0.05) is 50.1 Å². The van der Waals surface area contributed by atoms with E-state index in [0.717, 1.165) is 5.57 Å². The highest BCUT2D eigenvalue weighted by atomic mass is 14.4. The predicted octanol–water partition coefficient (Wildman–Crippen LogP) is 2.72. The van der Waals surface area contributed by atoms with Crippen molar-refractivity contribution in [2.45, 2.75) is 13.8 Å². The summed E-state index contributed by atoms with van der Waals surface area (Å²) < 4.78 is 0. The number of hydrogen-bond acceptors (Lipinski definition) is 1. The van der Waals surface area contributed by atoms with Crippen LogP contribution in [0.4, 0.5) is 0 Å². The van der Waals surface area contributed by atoms with Crippen molar-refractivity contribution in [2.75, 3.05) is 0 Å². The lowest BCUT2D eigenvalue weighted by atomic mass is 9.90. The van der Waals surface area contributed by atoms with E-state index in [4.69, 9.17) is 11.8 Å². The fourth-order valence-corrected chi connectivity index (χ4v) is 1.20. The van der Waals surface area contributed by atoms with E-state index in [9.17, 15) is 0 Å². The minimum Gasteiger partial charge on any atom is -0.291 e. The zero-order valence-corrected chi connectivity index (χ0v) is 7.96. The molecule has 1 heteroatoms. The topological polar surface area (TPSA) is 23.9 Å². The van der Waals surface area contributed by atoms with Crippen LogP contribution < -0.4 is 0 Å². The first-order valence-electron chi connectivity index (χ1n) is 4.19. The fraction of sp³-hybridized carbons (Fsp3) is 0.250. The van der Waals surface area contributed by atoms with Crippen molar-refractivity contribution in [3.63, 3.8) is 0 Å². The Morgan fingerprint density at radius 1 is 1.46 bits per heavy atom. The van der Waals surface area contributed by atoms with E-state index in [1.807, 2.05) is 24.3 Å². The number of allylic oxidation sites excluding steroid dienone is 6. The van der Waals surface area contributed by atoms with Gasteiger partial charge >= 0.3 is 0 Å². The molecule has 0 amide bonds. The van der Waals surface area contributed by atoms with Crippen molar-refractivity contribution in [2.24, 2.45) is 5.41 Å². The molecule has 0 atom stereocenters. The summed E-state index contributed by atoms with van der Waals surface area (Å²) in [6, 6.07) is 0. The van der Waals surface area contributed by atoms with Crippen LogP contribution in [0, 0.1) is 23.2 Å². The van der Waals surface area contributed by atoms with Crippen LogP contribution in [-0.2, 0) is 0 Å². The molecule has 0 radical (unpaired) electrons. The van der Waals surface area contributed by atoms with Gasteiger partial charge in [0.1, 0.15) is 5.71 Å². The van der Waals surface area contributed by atoms with Crippen LogP contribution in [0.25, 0.3) is 0 Å². The van der Waals surface area contributed by atoms with Crippen LogP contribution in [0.5, 0.6) is 0 Å². The summed E-state index contributed by atoms with van der Waals surface area (Å²) in [5.74, 6) is 2.34. The Bertz CT molecular complexity index is 346. The molecule has 13 heavy (non-hydrogen) atoms. The Kier molecular flexibility index (Phi) is 2.53. The Hall–Kier alpha value is -1.55. The van der Waals surface area contributed by atoms with Gasteiger partial charge in [-0.3, -0.25) is 5.41 Å². The molecule has 0 fully saturated rings. The molecule has 1 aliphatic carbocycles. The number of nitrogens with one attached hydrogen (secondary N) is 1. The van der Waals surface area contributed by atoms with Gasteiger partial charge in [-0.25, -0.2) is 0 Å². The third-order valence-electron chi connectivity index (χ3n) is 1.87. The third-order valence-corrected chi connectivity index (χ3v) is 1.87. The van der Waals surface area contributed by atoms with Gasteiger partial charge in [0.25, 0.3) is 0 Å².